The Hall–Kier alpha value is -6.61. The zero-order valence-corrected chi connectivity index (χ0v) is 23.1. The number of furan rings is 2. The van der Waals surface area contributed by atoms with E-state index in [0.29, 0.717) is 50.1 Å². The Balaban J connectivity index is 1.44. The quantitative estimate of drug-likeness (QED) is 0.214. The second-order valence-corrected chi connectivity index (χ2v) is 10.6. The van der Waals surface area contributed by atoms with Gasteiger partial charge in [-0.3, -0.25) is 0 Å². The minimum absolute atomic E-state index is 0.348. The number of hydrogen-bond acceptors (Lipinski definition) is 5. The molecule has 0 N–H and O–H groups in total. The summed E-state index contributed by atoms with van der Waals surface area (Å²) in [6.07, 6.45) is 0. The highest BCUT2D eigenvalue weighted by molar-refractivity contribution is 6.08. The molecular formula is C39H19N3O2. The molecule has 0 bridgehead atoms. The second-order valence-electron chi connectivity index (χ2n) is 10.6. The van der Waals surface area contributed by atoms with Gasteiger partial charge in [0.05, 0.1) is 22.8 Å². The van der Waals surface area contributed by atoms with E-state index in [9.17, 15) is 15.8 Å². The maximum absolute atomic E-state index is 10.6. The van der Waals surface area contributed by atoms with E-state index in [2.05, 4.69) is 18.2 Å². The number of nitrogens with zero attached hydrogens (tertiary/aromatic N) is 3. The predicted molar refractivity (Wildman–Crippen MR) is 171 cm³/mol. The molecule has 8 rings (SSSR count). The molecule has 0 saturated carbocycles. The topological polar surface area (TPSA) is 97.7 Å². The van der Waals surface area contributed by atoms with Crippen LogP contribution in [0.2, 0.25) is 0 Å². The monoisotopic (exact) mass is 561 g/mol. The standard InChI is InChI=1S/C39H19N3O2/c40-20-23-6-5-7-26(16-23)39-33(21-41)31(24-12-14-29-27-8-1-3-10-35(27)43-37(29)17-24)19-32(34(39)22-42)25-13-15-30-28-9-2-4-11-36(28)44-38(30)18-25/h1-19H. The van der Waals surface area contributed by atoms with Gasteiger partial charge in [0.2, 0.25) is 0 Å². The highest BCUT2D eigenvalue weighted by Gasteiger charge is 2.23. The second kappa shape index (κ2) is 9.74. The first kappa shape index (κ1) is 25.1. The van der Waals surface area contributed by atoms with Crippen molar-refractivity contribution in [1.29, 1.82) is 15.8 Å². The molecule has 202 valence electrons. The van der Waals surface area contributed by atoms with Gasteiger partial charge in [0.15, 0.2) is 0 Å². The van der Waals surface area contributed by atoms with Crippen LogP contribution in [0.15, 0.2) is 124 Å². The molecule has 0 aliphatic rings. The van der Waals surface area contributed by atoms with Crippen LogP contribution in [0.5, 0.6) is 0 Å². The fourth-order valence-electron chi connectivity index (χ4n) is 6.19. The van der Waals surface area contributed by atoms with Gasteiger partial charge in [0.1, 0.15) is 34.5 Å². The minimum Gasteiger partial charge on any atom is -0.456 e. The van der Waals surface area contributed by atoms with Crippen molar-refractivity contribution in [2.75, 3.05) is 0 Å². The number of nitriles is 3. The Morgan fingerprint density at radius 3 is 1.45 bits per heavy atom. The average molecular weight is 562 g/mol. The molecule has 44 heavy (non-hydrogen) atoms. The van der Waals surface area contributed by atoms with E-state index in [-0.39, 0.29) is 0 Å². The fraction of sp³-hybridized carbons (Fsp3) is 0. The summed E-state index contributed by atoms with van der Waals surface area (Å²) in [7, 11) is 0. The number of hydrogen-bond donors (Lipinski definition) is 0. The largest absolute Gasteiger partial charge is 0.456 e. The Morgan fingerprint density at radius 2 is 0.932 bits per heavy atom. The van der Waals surface area contributed by atoms with Crippen LogP contribution in [0.1, 0.15) is 16.7 Å². The van der Waals surface area contributed by atoms with Gasteiger partial charge in [-0.2, -0.15) is 15.8 Å². The molecule has 0 unspecified atom stereocenters. The third-order valence-corrected chi connectivity index (χ3v) is 8.21. The third kappa shape index (κ3) is 3.77. The van der Waals surface area contributed by atoms with Gasteiger partial charge < -0.3 is 8.83 Å². The first-order valence-electron chi connectivity index (χ1n) is 14.0. The van der Waals surface area contributed by atoms with Crippen molar-refractivity contribution in [1.82, 2.24) is 0 Å². The molecule has 0 aliphatic carbocycles. The summed E-state index contributed by atoms with van der Waals surface area (Å²) in [6, 6.07) is 43.5. The van der Waals surface area contributed by atoms with Crippen LogP contribution in [0.4, 0.5) is 0 Å². The van der Waals surface area contributed by atoms with Crippen molar-refractivity contribution in [2.45, 2.75) is 0 Å². The van der Waals surface area contributed by atoms with Crippen molar-refractivity contribution in [3.63, 3.8) is 0 Å². The molecule has 0 saturated heterocycles. The van der Waals surface area contributed by atoms with E-state index in [1.807, 2.05) is 97.1 Å². The SMILES string of the molecule is N#Cc1cccc(-c2c(C#N)c(-c3ccc4c(c3)oc3ccccc34)cc(-c3ccc4c(c3)oc3ccccc34)c2C#N)c1. The molecule has 8 aromatic rings. The van der Waals surface area contributed by atoms with Crippen LogP contribution in [-0.2, 0) is 0 Å². The lowest BCUT2D eigenvalue weighted by Gasteiger charge is -2.17. The summed E-state index contributed by atoms with van der Waals surface area (Å²) in [5, 5.41) is 34.9. The highest BCUT2D eigenvalue weighted by Crippen LogP contribution is 2.43. The van der Waals surface area contributed by atoms with E-state index in [1.165, 1.54) is 0 Å². The van der Waals surface area contributed by atoms with Gasteiger partial charge in [-0.15, -0.1) is 0 Å². The van der Waals surface area contributed by atoms with Crippen molar-refractivity contribution >= 4 is 43.9 Å². The third-order valence-electron chi connectivity index (χ3n) is 8.21. The fourth-order valence-corrected chi connectivity index (χ4v) is 6.19. The predicted octanol–water partition coefficient (Wildman–Crippen LogP) is 10.1. The summed E-state index contributed by atoms with van der Waals surface area (Å²) in [4.78, 5) is 0. The normalized spacial score (nSPS) is 11.1. The van der Waals surface area contributed by atoms with Crippen molar-refractivity contribution in [3.8, 4) is 51.6 Å². The maximum Gasteiger partial charge on any atom is 0.136 e. The van der Waals surface area contributed by atoms with E-state index in [1.54, 1.807) is 18.2 Å². The van der Waals surface area contributed by atoms with Gasteiger partial charge in [0, 0.05) is 38.2 Å². The molecule has 0 spiro atoms. The Bertz CT molecular complexity index is 2450. The highest BCUT2D eigenvalue weighted by atomic mass is 16.3. The van der Waals surface area contributed by atoms with Crippen LogP contribution in [-0.4, -0.2) is 0 Å². The summed E-state index contributed by atoms with van der Waals surface area (Å²) < 4.78 is 12.4. The average Bonchev–Trinajstić information content (AvgIpc) is 3.64. The van der Waals surface area contributed by atoms with Gasteiger partial charge >= 0.3 is 0 Å². The van der Waals surface area contributed by atoms with Crippen molar-refractivity contribution < 1.29 is 8.83 Å². The zero-order valence-electron chi connectivity index (χ0n) is 23.1. The van der Waals surface area contributed by atoms with Crippen LogP contribution in [0.25, 0.3) is 77.3 Å². The van der Waals surface area contributed by atoms with Crippen molar-refractivity contribution in [2.24, 2.45) is 0 Å². The van der Waals surface area contributed by atoms with Crippen molar-refractivity contribution in [3.05, 3.63) is 132 Å². The van der Waals surface area contributed by atoms with Gasteiger partial charge in [0.25, 0.3) is 0 Å². The first-order valence-corrected chi connectivity index (χ1v) is 14.0. The lowest BCUT2D eigenvalue weighted by Crippen LogP contribution is -1.98. The zero-order chi connectivity index (χ0) is 29.8. The number of benzene rings is 6. The minimum atomic E-state index is 0.348. The van der Waals surface area contributed by atoms with Crippen LogP contribution in [0.3, 0.4) is 0 Å². The summed E-state index contributed by atoms with van der Waals surface area (Å²) in [5.41, 5.74) is 8.09. The first-order chi connectivity index (χ1) is 21.7. The van der Waals surface area contributed by atoms with E-state index in [0.717, 1.165) is 43.8 Å². The number of para-hydroxylation sites is 2. The molecule has 0 atom stereocenters. The lowest BCUT2D eigenvalue weighted by atomic mass is 9.83. The van der Waals surface area contributed by atoms with Crippen LogP contribution in [0, 0.1) is 34.0 Å². The number of fused-ring (bicyclic) bond motifs is 6. The molecule has 0 fully saturated rings. The molecule has 0 aliphatic heterocycles. The molecule has 6 aromatic carbocycles. The van der Waals surface area contributed by atoms with Crippen LogP contribution < -0.4 is 0 Å². The Kier molecular flexibility index (Phi) is 5.56. The molecule has 5 nitrogen and oxygen atoms in total. The summed E-state index contributed by atoms with van der Waals surface area (Å²) >= 11 is 0. The van der Waals surface area contributed by atoms with Gasteiger partial charge in [-0.05, 0) is 71.3 Å². The lowest BCUT2D eigenvalue weighted by molar-refractivity contribution is 0.668. The molecule has 2 aromatic heterocycles. The smallest absolute Gasteiger partial charge is 0.136 e. The summed E-state index contributed by atoms with van der Waals surface area (Å²) in [5.74, 6) is 0. The Morgan fingerprint density at radius 1 is 0.409 bits per heavy atom. The Labute approximate surface area is 251 Å². The van der Waals surface area contributed by atoms with Gasteiger partial charge in [-0.25, -0.2) is 0 Å². The van der Waals surface area contributed by atoms with E-state index in [4.69, 9.17) is 8.83 Å². The van der Waals surface area contributed by atoms with Gasteiger partial charge in [-0.1, -0.05) is 60.7 Å². The van der Waals surface area contributed by atoms with E-state index < -0.39 is 0 Å². The molecule has 5 heteroatoms. The number of rotatable bonds is 3. The van der Waals surface area contributed by atoms with Crippen LogP contribution >= 0.6 is 0 Å². The maximum atomic E-state index is 10.6. The van der Waals surface area contributed by atoms with E-state index >= 15 is 0 Å². The molecule has 0 amide bonds. The molecule has 0 radical (unpaired) electrons. The molecular weight excluding hydrogens is 542 g/mol. The molecule has 2 heterocycles. The summed E-state index contributed by atoms with van der Waals surface area (Å²) in [6.45, 7) is 0.